The van der Waals surface area contributed by atoms with E-state index in [4.69, 9.17) is 73.2 Å². The van der Waals surface area contributed by atoms with Gasteiger partial charge in [-0.25, -0.2) is 0 Å². The van der Waals surface area contributed by atoms with E-state index in [-0.39, 0.29) is 0 Å². The van der Waals surface area contributed by atoms with Gasteiger partial charge in [-0.3, -0.25) is 0 Å². The molecule has 0 aromatic heterocycles. The fourth-order valence-corrected chi connectivity index (χ4v) is 5.71. The van der Waals surface area contributed by atoms with Crippen LogP contribution >= 0.6 is 11.6 Å². The Morgan fingerprint density at radius 1 is 0.254 bits per heavy atom. The molecule has 0 amide bonds. The van der Waals surface area contributed by atoms with Crippen LogP contribution in [0.2, 0.25) is 0 Å². The lowest BCUT2D eigenvalue weighted by atomic mass is 9.80. The zero-order chi connectivity index (χ0) is 41.4. The van der Waals surface area contributed by atoms with Crippen molar-refractivity contribution in [1.29, 1.82) is 0 Å². The molecular weight excluding hydrogens is 784 g/mol. The van der Waals surface area contributed by atoms with Gasteiger partial charge in [-0.05, 0) is 16.7 Å². The molecule has 0 bridgehead atoms. The van der Waals surface area contributed by atoms with Crippen LogP contribution in [-0.4, -0.2) is 171 Å². The minimum absolute atomic E-state index is 0.413. The maximum atomic E-state index is 6.73. The van der Waals surface area contributed by atoms with Crippen molar-refractivity contribution in [1.82, 2.24) is 0 Å². The molecule has 0 fully saturated rings. The minimum atomic E-state index is -0.755. The molecule has 0 aliphatic rings. The van der Waals surface area contributed by atoms with E-state index in [0.717, 1.165) is 16.7 Å². The first-order valence-electron chi connectivity index (χ1n) is 20.7. The molecule has 13 nitrogen and oxygen atoms in total. The maximum Gasteiger partial charge on any atom is 0.143 e. The number of halogens is 1. The number of alkyl halides is 1. The van der Waals surface area contributed by atoms with Crippen LogP contribution in [0.5, 0.6) is 0 Å². The molecular formula is C45H67ClO13. The van der Waals surface area contributed by atoms with E-state index in [0.29, 0.717) is 171 Å². The third kappa shape index (κ3) is 24.5. The highest BCUT2D eigenvalue weighted by Gasteiger charge is 2.37. The maximum absolute atomic E-state index is 6.73. The lowest BCUT2D eigenvalue weighted by Gasteiger charge is -2.36. The molecule has 0 unspecified atom stereocenters. The quantitative estimate of drug-likeness (QED) is 0.0410. The Balaban J connectivity index is 1.02. The summed E-state index contributed by atoms with van der Waals surface area (Å²) in [5.41, 5.74) is 2.44. The van der Waals surface area contributed by atoms with Gasteiger partial charge in [-0.1, -0.05) is 91.0 Å². The predicted octanol–water partition coefficient (Wildman–Crippen LogP) is 5.43. The third-order valence-electron chi connectivity index (χ3n) is 8.40. The van der Waals surface area contributed by atoms with E-state index < -0.39 is 5.60 Å². The predicted molar refractivity (Wildman–Crippen MR) is 226 cm³/mol. The highest BCUT2D eigenvalue weighted by molar-refractivity contribution is 6.17. The molecule has 332 valence electrons. The summed E-state index contributed by atoms with van der Waals surface area (Å²) in [6, 6.07) is 31.0. The standard InChI is InChI=1S/C45H67ClO13/c46-16-17-47-18-19-48-20-21-49-22-23-50-24-25-51-26-27-52-28-29-53-30-31-54-32-33-55-34-35-56-36-37-57-38-39-58-40-41-59-45(42-10-4-1-5-11-42,43-12-6-2-7-13-43)44-14-8-3-9-15-44/h1-15H,16-41H2. The lowest BCUT2D eigenvalue weighted by Crippen LogP contribution is -2.34. The van der Waals surface area contributed by atoms with Gasteiger partial charge in [0.25, 0.3) is 0 Å². The second kappa shape index (κ2) is 37.2. The zero-order valence-corrected chi connectivity index (χ0v) is 35.5. The molecule has 3 aromatic rings. The van der Waals surface area contributed by atoms with Gasteiger partial charge in [0.05, 0.1) is 165 Å². The van der Waals surface area contributed by atoms with Gasteiger partial charge in [-0.2, -0.15) is 0 Å². The Labute approximate surface area is 356 Å². The van der Waals surface area contributed by atoms with Gasteiger partial charge in [-0.15, -0.1) is 11.6 Å². The summed E-state index contributed by atoms with van der Waals surface area (Å²) >= 11 is 5.53. The second-order valence-corrected chi connectivity index (χ2v) is 13.0. The fraction of sp³-hybridized carbons (Fsp3) is 0.600. The first-order chi connectivity index (χ1) is 29.4. The molecule has 0 saturated carbocycles. The molecule has 3 rings (SSSR count). The lowest BCUT2D eigenvalue weighted by molar-refractivity contribution is -0.0399. The highest BCUT2D eigenvalue weighted by Crippen LogP contribution is 2.40. The second-order valence-electron chi connectivity index (χ2n) is 12.7. The molecule has 0 heterocycles. The average Bonchev–Trinajstić information content (AvgIpc) is 3.28. The molecule has 3 aromatic carbocycles. The third-order valence-corrected chi connectivity index (χ3v) is 8.56. The molecule has 59 heavy (non-hydrogen) atoms. The van der Waals surface area contributed by atoms with Crippen LogP contribution in [0.3, 0.4) is 0 Å². The Morgan fingerprint density at radius 3 is 0.644 bits per heavy atom. The first kappa shape index (κ1) is 50.8. The van der Waals surface area contributed by atoms with Gasteiger partial charge < -0.3 is 61.6 Å². The van der Waals surface area contributed by atoms with Crippen LogP contribution in [-0.2, 0) is 67.2 Å². The van der Waals surface area contributed by atoms with Crippen LogP contribution < -0.4 is 0 Å². The molecule has 0 aliphatic heterocycles. The van der Waals surface area contributed by atoms with Crippen molar-refractivity contribution in [2.75, 3.05) is 171 Å². The van der Waals surface area contributed by atoms with Crippen LogP contribution in [0.25, 0.3) is 0 Å². The number of hydrogen-bond acceptors (Lipinski definition) is 13. The Kier molecular flexibility index (Phi) is 32.0. The van der Waals surface area contributed by atoms with Gasteiger partial charge in [0.1, 0.15) is 5.60 Å². The van der Waals surface area contributed by atoms with Crippen molar-refractivity contribution >= 4 is 11.6 Å². The van der Waals surface area contributed by atoms with Crippen molar-refractivity contribution < 1.29 is 61.6 Å². The number of hydrogen-bond donors (Lipinski definition) is 0. The van der Waals surface area contributed by atoms with Crippen LogP contribution in [0.4, 0.5) is 0 Å². The highest BCUT2D eigenvalue weighted by atomic mass is 35.5. The average molecular weight is 851 g/mol. The summed E-state index contributed by atoms with van der Waals surface area (Å²) in [4.78, 5) is 0. The molecule has 0 N–H and O–H groups in total. The summed E-state index contributed by atoms with van der Waals surface area (Å²) in [5.74, 6) is 0.494. The van der Waals surface area contributed by atoms with E-state index in [1.165, 1.54) is 0 Å². The van der Waals surface area contributed by atoms with Crippen LogP contribution in [0, 0.1) is 0 Å². The number of benzene rings is 3. The fourth-order valence-electron chi connectivity index (χ4n) is 5.60. The Bertz CT molecular complexity index is 1220. The van der Waals surface area contributed by atoms with E-state index >= 15 is 0 Å². The van der Waals surface area contributed by atoms with E-state index in [1.807, 2.05) is 54.6 Å². The Hall–Kier alpha value is -2.57. The molecule has 0 atom stereocenters. The molecule has 0 spiro atoms. The van der Waals surface area contributed by atoms with Crippen molar-refractivity contribution in [3.63, 3.8) is 0 Å². The van der Waals surface area contributed by atoms with Gasteiger partial charge in [0.2, 0.25) is 0 Å². The summed E-state index contributed by atoms with van der Waals surface area (Å²) < 4.78 is 73.0. The van der Waals surface area contributed by atoms with Crippen LogP contribution in [0.1, 0.15) is 16.7 Å². The minimum Gasteiger partial charge on any atom is -0.378 e. The summed E-state index contributed by atoms with van der Waals surface area (Å²) in [6.45, 7) is 12.5. The summed E-state index contributed by atoms with van der Waals surface area (Å²) in [6.07, 6.45) is 0. The Morgan fingerprint density at radius 2 is 0.441 bits per heavy atom. The van der Waals surface area contributed by atoms with Gasteiger partial charge in [0.15, 0.2) is 0 Å². The molecule has 14 heteroatoms. The molecule has 0 aliphatic carbocycles. The zero-order valence-electron chi connectivity index (χ0n) is 34.7. The summed E-state index contributed by atoms with van der Waals surface area (Å²) in [5, 5.41) is 0. The summed E-state index contributed by atoms with van der Waals surface area (Å²) in [7, 11) is 0. The van der Waals surface area contributed by atoms with E-state index in [9.17, 15) is 0 Å². The number of rotatable bonds is 42. The van der Waals surface area contributed by atoms with E-state index in [1.54, 1.807) is 0 Å². The largest absolute Gasteiger partial charge is 0.378 e. The SMILES string of the molecule is ClCCOCCOCCOCCOCCOCCOCCOCCOCCOCCOCCOCCOCCOC(c1ccccc1)(c1ccccc1)c1ccccc1. The van der Waals surface area contributed by atoms with Gasteiger partial charge in [0, 0.05) is 5.88 Å². The molecule has 0 saturated heterocycles. The number of ether oxygens (including phenoxy) is 13. The van der Waals surface area contributed by atoms with Crippen LogP contribution in [0.15, 0.2) is 91.0 Å². The van der Waals surface area contributed by atoms with Gasteiger partial charge >= 0.3 is 0 Å². The topological polar surface area (TPSA) is 120 Å². The normalized spacial score (nSPS) is 11.7. The monoisotopic (exact) mass is 850 g/mol. The van der Waals surface area contributed by atoms with Crippen molar-refractivity contribution in [2.45, 2.75) is 5.60 Å². The van der Waals surface area contributed by atoms with Crippen molar-refractivity contribution in [3.8, 4) is 0 Å². The smallest absolute Gasteiger partial charge is 0.143 e. The van der Waals surface area contributed by atoms with Crippen molar-refractivity contribution in [2.24, 2.45) is 0 Å². The van der Waals surface area contributed by atoms with E-state index in [2.05, 4.69) is 36.4 Å². The molecule has 0 radical (unpaired) electrons. The van der Waals surface area contributed by atoms with Crippen molar-refractivity contribution in [3.05, 3.63) is 108 Å². The first-order valence-corrected chi connectivity index (χ1v) is 21.2.